The molecule has 0 aromatic heterocycles. The lowest BCUT2D eigenvalue weighted by atomic mass is 10.0. The molecule has 10 heavy (non-hydrogen) atoms. The van der Waals surface area contributed by atoms with E-state index in [1.807, 2.05) is 12.4 Å². The molecule has 2 nitrogen and oxygen atoms in total. The predicted octanol–water partition coefficient (Wildman–Crippen LogP) is 0.514. The molecule has 0 aromatic rings. The van der Waals surface area contributed by atoms with Gasteiger partial charge in [0.25, 0.3) is 0 Å². The molecule has 2 unspecified atom stereocenters. The predicted molar refractivity (Wildman–Crippen MR) is 41.3 cm³/mol. The van der Waals surface area contributed by atoms with Crippen molar-refractivity contribution in [3.8, 4) is 0 Å². The average Bonchev–Trinajstić information content (AvgIpc) is 2.05. The highest BCUT2D eigenvalue weighted by Crippen LogP contribution is 2.06. The Morgan fingerprint density at radius 3 is 1.80 bits per heavy atom. The number of fused-ring (bicyclic) bond motifs is 1. The summed E-state index contributed by atoms with van der Waals surface area (Å²) >= 11 is 0. The standard InChI is InChI=1S/C8H10N2/c1-2-4-8-7(3-1)9-5-6-10-8/h1-10H. The maximum absolute atomic E-state index is 3.24. The molecule has 0 saturated carbocycles. The molecule has 0 fully saturated rings. The number of hydrogen-bond acceptors (Lipinski definition) is 2. The first-order valence-corrected chi connectivity index (χ1v) is 3.49. The van der Waals surface area contributed by atoms with Gasteiger partial charge in [-0.3, -0.25) is 0 Å². The van der Waals surface area contributed by atoms with E-state index >= 15 is 0 Å². The van der Waals surface area contributed by atoms with Crippen LogP contribution < -0.4 is 10.6 Å². The number of nitrogens with one attached hydrogen (secondary N) is 2. The molecule has 2 N–H and O–H groups in total. The van der Waals surface area contributed by atoms with Crippen LogP contribution in [0.1, 0.15) is 0 Å². The molecule has 52 valence electrons. The first kappa shape index (κ1) is 5.59. The first-order valence-electron chi connectivity index (χ1n) is 3.49. The monoisotopic (exact) mass is 134 g/mol. The van der Waals surface area contributed by atoms with Crippen molar-refractivity contribution in [3.63, 3.8) is 0 Å². The largest absolute Gasteiger partial charge is 0.381 e. The van der Waals surface area contributed by atoms with Crippen LogP contribution in [0, 0.1) is 0 Å². The van der Waals surface area contributed by atoms with E-state index in [1.54, 1.807) is 0 Å². The zero-order valence-electron chi connectivity index (χ0n) is 5.62. The maximum atomic E-state index is 3.24. The van der Waals surface area contributed by atoms with Crippen LogP contribution in [-0.2, 0) is 0 Å². The molecular formula is C8H10N2. The van der Waals surface area contributed by atoms with Crippen molar-refractivity contribution in [1.82, 2.24) is 10.6 Å². The van der Waals surface area contributed by atoms with Crippen molar-refractivity contribution < 1.29 is 0 Å². The lowest BCUT2D eigenvalue weighted by Crippen LogP contribution is -2.46. The summed E-state index contributed by atoms with van der Waals surface area (Å²) in [6, 6.07) is 0.880. The zero-order valence-corrected chi connectivity index (χ0v) is 5.62. The van der Waals surface area contributed by atoms with Gasteiger partial charge in [-0.1, -0.05) is 24.3 Å². The Bertz CT molecular complexity index is 181. The van der Waals surface area contributed by atoms with Crippen LogP contribution in [0.4, 0.5) is 0 Å². The third-order valence-electron chi connectivity index (χ3n) is 1.80. The third kappa shape index (κ3) is 0.817. The Kier molecular flexibility index (Phi) is 1.24. The number of hydrogen-bond donors (Lipinski definition) is 2. The van der Waals surface area contributed by atoms with Gasteiger partial charge in [-0.15, -0.1) is 0 Å². The van der Waals surface area contributed by atoms with Crippen LogP contribution in [0.15, 0.2) is 36.7 Å². The molecule has 0 bridgehead atoms. The molecule has 2 heteroatoms. The van der Waals surface area contributed by atoms with E-state index in [2.05, 4.69) is 34.9 Å². The van der Waals surface area contributed by atoms with E-state index in [9.17, 15) is 0 Å². The smallest absolute Gasteiger partial charge is 0.0680 e. The van der Waals surface area contributed by atoms with Gasteiger partial charge >= 0.3 is 0 Å². The van der Waals surface area contributed by atoms with Gasteiger partial charge in [-0.2, -0.15) is 0 Å². The molecule has 0 aromatic carbocycles. The van der Waals surface area contributed by atoms with Crippen molar-refractivity contribution in [3.05, 3.63) is 36.7 Å². The van der Waals surface area contributed by atoms with Crippen LogP contribution in [0.2, 0.25) is 0 Å². The lowest BCUT2D eigenvalue weighted by Gasteiger charge is -2.28. The maximum Gasteiger partial charge on any atom is 0.0680 e. The molecule has 2 rings (SSSR count). The van der Waals surface area contributed by atoms with E-state index < -0.39 is 0 Å². The van der Waals surface area contributed by atoms with Crippen molar-refractivity contribution in [1.29, 1.82) is 0 Å². The quantitative estimate of drug-likeness (QED) is 0.504. The fourth-order valence-electron chi connectivity index (χ4n) is 1.24. The number of allylic oxidation sites excluding steroid dienone is 2. The van der Waals surface area contributed by atoms with Crippen molar-refractivity contribution in [2.75, 3.05) is 0 Å². The zero-order chi connectivity index (χ0) is 6.81. The topological polar surface area (TPSA) is 24.1 Å². The molecule has 1 aliphatic heterocycles. The van der Waals surface area contributed by atoms with Crippen LogP contribution in [0.25, 0.3) is 0 Å². The van der Waals surface area contributed by atoms with E-state index in [0.717, 1.165) is 0 Å². The van der Waals surface area contributed by atoms with Crippen LogP contribution >= 0.6 is 0 Å². The summed E-state index contributed by atoms with van der Waals surface area (Å²) in [5, 5.41) is 6.48. The summed E-state index contributed by atoms with van der Waals surface area (Å²) in [5.41, 5.74) is 0. The highest BCUT2D eigenvalue weighted by atomic mass is 15.0. The third-order valence-corrected chi connectivity index (χ3v) is 1.80. The minimum absolute atomic E-state index is 0.440. The molecule has 2 aliphatic rings. The summed E-state index contributed by atoms with van der Waals surface area (Å²) in [4.78, 5) is 0. The molecule has 0 spiro atoms. The second-order valence-corrected chi connectivity index (χ2v) is 2.49. The minimum Gasteiger partial charge on any atom is -0.381 e. The van der Waals surface area contributed by atoms with Gasteiger partial charge < -0.3 is 10.6 Å². The van der Waals surface area contributed by atoms with Crippen molar-refractivity contribution >= 4 is 0 Å². The molecule has 1 heterocycles. The Labute approximate surface area is 60.3 Å². The normalized spacial score (nSPS) is 34.4. The average molecular weight is 134 g/mol. The van der Waals surface area contributed by atoms with E-state index in [1.165, 1.54) is 0 Å². The SMILES string of the molecule is C1=CC2NC=CNC2C=C1. The van der Waals surface area contributed by atoms with Gasteiger partial charge in [0.05, 0.1) is 12.1 Å². The van der Waals surface area contributed by atoms with Crippen LogP contribution in [-0.4, -0.2) is 12.1 Å². The molecule has 0 saturated heterocycles. The molecule has 0 radical (unpaired) electrons. The van der Waals surface area contributed by atoms with Gasteiger partial charge in [0.15, 0.2) is 0 Å². The van der Waals surface area contributed by atoms with Gasteiger partial charge in [-0.05, 0) is 0 Å². The Morgan fingerprint density at radius 2 is 1.30 bits per heavy atom. The van der Waals surface area contributed by atoms with Gasteiger partial charge in [-0.25, -0.2) is 0 Å². The lowest BCUT2D eigenvalue weighted by molar-refractivity contribution is 0.533. The Balaban J connectivity index is 2.19. The second-order valence-electron chi connectivity index (χ2n) is 2.49. The number of rotatable bonds is 0. The molecule has 2 atom stereocenters. The highest BCUT2D eigenvalue weighted by Gasteiger charge is 2.17. The Morgan fingerprint density at radius 1 is 0.800 bits per heavy atom. The van der Waals surface area contributed by atoms with E-state index in [4.69, 9.17) is 0 Å². The fourth-order valence-corrected chi connectivity index (χ4v) is 1.24. The molecule has 1 aliphatic carbocycles. The summed E-state index contributed by atoms with van der Waals surface area (Å²) in [6.45, 7) is 0. The van der Waals surface area contributed by atoms with Crippen molar-refractivity contribution in [2.45, 2.75) is 12.1 Å². The van der Waals surface area contributed by atoms with Crippen molar-refractivity contribution in [2.24, 2.45) is 0 Å². The highest BCUT2D eigenvalue weighted by molar-refractivity contribution is 5.23. The van der Waals surface area contributed by atoms with E-state index in [-0.39, 0.29) is 0 Å². The fraction of sp³-hybridized carbons (Fsp3) is 0.250. The summed E-state index contributed by atoms with van der Waals surface area (Å²) in [6.07, 6.45) is 12.3. The summed E-state index contributed by atoms with van der Waals surface area (Å²) in [5.74, 6) is 0. The summed E-state index contributed by atoms with van der Waals surface area (Å²) < 4.78 is 0. The van der Waals surface area contributed by atoms with Crippen LogP contribution in [0.3, 0.4) is 0 Å². The molecular weight excluding hydrogens is 124 g/mol. The Hall–Kier alpha value is -1.18. The van der Waals surface area contributed by atoms with Gasteiger partial charge in [0, 0.05) is 12.4 Å². The summed E-state index contributed by atoms with van der Waals surface area (Å²) in [7, 11) is 0. The van der Waals surface area contributed by atoms with Gasteiger partial charge in [0.1, 0.15) is 0 Å². The molecule has 0 amide bonds. The second kappa shape index (κ2) is 2.21. The van der Waals surface area contributed by atoms with E-state index in [0.29, 0.717) is 12.1 Å². The van der Waals surface area contributed by atoms with Gasteiger partial charge in [0.2, 0.25) is 0 Å². The van der Waals surface area contributed by atoms with Crippen LogP contribution in [0.5, 0.6) is 0 Å². The first-order chi connectivity index (χ1) is 4.97. The minimum atomic E-state index is 0.440.